The summed E-state index contributed by atoms with van der Waals surface area (Å²) in [5, 5.41) is 10.1. The average Bonchev–Trinajstić information content (AvgIpc) is 2.46. The third-order valence-corrected chi connectivity index (χ3v) is 3.53. The van der Waals surface area contributed by atoms with Crippen molar-refractivity contribution in [3.05, 3.63) is 29.8 Å². The molecule has 0 aliphatic carbocycles. The molecule has 0 bridgehead atoms. The van der Waals surface area contributed by atoms with Gasteiger partial charge < -0.3 is 20.5 Å². The summed E-state index contributed by atoms with van der Waals surface area (Å²) in [5.74, 6) is -0.457. The molecule has 0 spiro atoms. The van der Waals surface area contributed by atoms with E-state index in [2.05, 4.69) is 0 Å². The van der Waals surface area contributed by atoms with Gasteiger partial charge >= 0.3 is 0 Å². The highest BCUT2D eigenvalue weighted by atomic mass is 16.5. The fourth-order valence-corrected chi connectivity index (χ4v) is 2.35. The third kappa shape index (κ3) is 2.75. The molecule has 108 valence electrons. The van der Waals surface area contributed by atoms with Crippen LogP contribution in [0.2, 0.25) is 0 Å². The topological polar surface area (TPSA) is 92.9 Å². The van der Waals surface area contributed by atoms with Crippen molar-refractivity contribution >= 4 is 11.8 Å². The van der Waals surface area contributed by atoms with E-state index in [-0.39, 0.29) is 18.9 Å². The lowest BCUT2D eigenvalue weighted by molar-refractivity contribution is -0.140. The number of rotatable bonds is 3. The number of hydrogen-bond acceptors (Lipinski definition) is 4. The molecule has 1 heterocycles. The molecule has 1 aromatic carbocycles. The molecule has 20 heavy (non-hydrogen) atoms. The van der Waals surface area contributed by atoms with Crippen molar-refractivity contribution in [1.29, 1.82) is 0 Å². The van der Waals surface area contributed by atoms with Crippen LogP contribution >= 0.6 is 0 Å². The van der Waals surface area contributed by atoms with Gasteiger partial charge in [-0.2, -0.15) is 0 Å². The number of benzene rings is 1. The zero-order chi connectivity index (χ0) is 14.8. The Morgan fingerprint density at radius 3 is 2.85 bits per heavy atom. The van der Waals surface area contributed by atoms with Crippen LogP contribution < -0.4 is 10.5 Å². The van der Waals surface area contributed by atoms with Crippen LogP contribution in [0.5, 0.6) is 5.75 Å². The largest absolute Gasteiger partial charge is 0.497 e. The molecular weight excluding hydrogens is 260 g/mol. The van der Waals surface area contributed by atoms with E-state index in [9.17, 15) is 14.7 Å². The van der Waals surface area contributed by atoms with Gasteiger partial charge in [-0.25, -0.2) is 0 Å². The molecule has 0 saturated carbocycles. The predicted octanol–water partition coefficient (Wildman–Crippen LogP) is 0.148. The van der Waals surface area contributed by atoms with Gasteiger partial charge in [0, 0.05) is 12.1 Å². The number of carbonyl (C=O) groups is 2. The summed E-state index contributed by atoms with van der Waals surface area (Å²) < 4.78 is 5.08. The number of piperidine rings is 1. The van der Waals surface area contributed by atoms with E-state index >= 15 is 0 Å². The SMILES string of the molecule is COc1cccc(C(=O)N2CCCC(O)(C(N)=O)C2)c1. The van der Waals surface area contributed by atoms with Crippen molar-refractivity contribution in [3.8, 4) is 5.75 Å². The summed E-state index contributed by atoms with van der Waals surface area (Å²) in [6, 6.07) is 6.76. The van der Waals surface area contributed by atoms with Crippen LogP contribution in [0.3, 0.4) is 0 Å². The van der Waals surface area contributed by atoms with E-state index < -0.39 is 11.5 Å². The Kier molecular flexibility index (Phi) is 3.94. The number of primary amides is 1. The molecule has 1 unspecified atom stereocenters. The van der Waals surface area contributed by atoms with Crippen molar-refractivity contribution < 1.29 is 19.4 Å². The zero-order valence-corrected chi connectivity index (χ0v) is 11.3. The van der Waals surface area contributed by atoms with E-state index in [0.29, 0.717) is 24.3 Å². The fraction of sp³-hybridized carbons (Fsp3) is 0.429. The van der Waals surface area contributed by atoms with Crippen LogP contribution in [0, 0.1) is 0 Å². The van der Waals surface area contributed by atoms with Gasteiger partial charge in [-0.1, -0.05) is 6.07 Å². The smallest absolute Gasteiger partial charge is 0.254 e. The predicted molar refractivity (Wildman–Crippen MR) is 72.3 cm³/mol. The molecule has 1 aliphatic heterocycles. The molecule has 1 saturated heterocycles. The Bertz CT molecular complexity index is 532. The Hall–Kier alpha value is -2.08. The third-order valence-electron chi connectivity index (χ3n) is 3.53. The molecule has 1 aromatic rings. The van der Waals surface area contributed by atoms with Gasteiger partial charge in [0.05, 0.1) is 13.7 Å². The minimum Gasteiger partial charge on any atom is -0.497 e. The van der Waals surface area contributed by atoms with Crippen LogP contribution in [-0.4, -0.2) is 47.6 Å². The van der Waals surface area contributed by atoms with Crippen molar-refractivity contribution in [2.45, 2.75) is 18.4 Å². The lowest BCUT2D eigenvalue weighted by atomic mass is 9.92. The lowest BCUT2D eigenvalue weighted by Crippen LogP contribution is -2.57. The Morgan fingerprint density at radius 1 is 1.45 bits per heavy atom. The standard InChI is InChI=1S/C14H18N2O4/c1-20-11-5-2-4-10(8-11)12(17)16-7-3-6-14(19,9-16)13(15)18/h2,4-5,8,19H,3,6-7,9H2,1H3,(H2,15,18). The van der Waals surface area contributed by atoms with E-state index in [0.717, 1.165) is 0 Å². The molecule has 6 heteroatoms. The quantitative estimate of drug-likeness (QED) is 0.823. The molecular formula is C14H18N2O4. The van der Waals surface area contributed by atoms with E-state index in [1.165, 1.54) is 12.0 Å². The first-order valence-corrected chi connectivity index (χ1v) is 6.42. The molecule has 1 fully saturated rings. The summed E-state index contributed by atoms with van der Waals surface area (Å²) in [7, 11) is 1.52. The van der Waals surface area contributed by atoms with Crippen molar-refractivity contribution in [1.82, 2.24) is 4.90 Å². The molecule has 6 nitrogen and oxygen atoms in total. The maximum Gasteiger partial charge on any atom is 0.254 e. The van der Waals surface area contributed by atoms with Gasteiger partial charge in [0.2, 0.25) is 0 Å². The summed E-state index contributed by atoms with van der Waals surface area (Å²) in [6.45, 7) is 0.421. The van der Waals surface area contributed by atoms with Crippen LogP contribution in [0.1, 0.15) is 23.2 Å². The number of hydrogen-bond donors (Lipinski definition) is 2. The highest BCUT2D eigenvalue weighted by molar-refractivity contribution is 5.95. The fourth-order valence-electron chi connectivity index (χ4n) is 2.35. The maximum absolute atomic E-state index is 12.4. The van der Waals surface area contributed by atoms with E-state index in [4.69, 9.17) is 10.5 Å². The Balaban J connectivity index is 2.18. The molecule has 0 radical (unpaired) electrons. The van der Waals surface area contributed by atoms with Crippen molar-refractivity contribution in [2.24, 2.45) is 5.73 Å². The van der Waals surface area contributed by atoms with Gasteiger partial charge in [0.15, 0.2) is 5.60 Å². The normalized spacial score (nSPS) is 22.4. The zero-order valence-electron chi connectivity index (χ0n) is 11.3. The van der Waals surface area contributed by atoms with Crippen molar-refractivity contribution in [3.63, 3.8) is 0 Å². The molecule has 0 aromatic heterocycles. The first kappa shape index (κ1) is 14.3. The van der Waals surface area contributed by atoms with Gasteiger partial charge in [-0.15, -0.1) is 0 Å². The number of nitrogens with two attached hydrogens (primary N) is 1. The lowest BCUT2D eigenvalue weighted by Gasteiger charge is -2.37. The second kappa shape index (κ2) is 5.50. The second-order valence-electron chi connectivity index (χ2n) is 4.96. The Labute approximate surface area is 117 Å². The van der Waals surface area contributed by atoms with Gasteiger partial charge in [-0.3, -0.25) is 9.59 Å². The first-order valence-electron chi connectivity index (χ1n) is 6.42. The van der Waals surface area contributed by atoms with Crippen LogP contribution in [-0.2, 0) is 4.79 Å². The van der Waals surface area contributed by atoms with E-state index in [1.54, 1.807) is 24.3 Å². The first-order chi connectivity index (χ1) is 9.46. The molecule has 2 rings (SSSR count). The van der Waals surface area contributed by atoms with Gasteiger partial charge in [0.1, 0.15) is 5.75 Å². The van der Waals surface area contributed by atoms with Crippen LogP contribution in [0.15, 0.2) is 24.3 Å². The van der Waals surface area contributed by atoms with Crippen LogP contribution in [0.4, 0.5) is 0 Å². The number of methoxy groups -OCH3 is 1. The second-order valence-corrected chi connectivity index (χ2v) is 4.96. The van der Waals surface area contributed by atoms with Gasteiger partial charge in [-0.05, 0) is 31.0 Å². The highest BCUT2D eigenvalue weighted by Crippen LogP contribution is 2.23. The Morgan fingerprint density at radius 2 is 2.20 bits per heavy atom. The molecule has 1 aliphatic rings. The number of carbonyl (C=O) groups excluding carboxylic acids is 2. The minimum absolute atomic E-state index is 0.0711. The summed E-state index contributed by atoms with van der Waals surface area (Å²) in [6.07, 6.45) is 0.819. The maximum atomic E-state index is 12.4. The minimum atomic E-state index is -1.63. The number of nitrogens with zero attached hydrogens (tertiary/aromatic N) is 1. The molecule has 3 N–H and O–H groups in total. The molecule has 2 amide bonds. The number of β-amino-alcohol motifs (C(OH)–C–C–N with tert-alkyl or cyclic N) is 1. The number of amides is 2. The highest BCUT2D eigenvalue weighted by Gasteiger charge is 2.40. The summed E-state index contributed by atoms with van der Waals surface area (Å²) in [4.78, 5) is 25.1. The van der Waals surface area contributed by atoms with Crippen molar-refractivity contribution in [2.75, 3.05) is 20.2 Å². The average molecular weight is 278 g/mol. The monoisotopic (exact) mass is 278 g/mol. The number of ether oxygens (including phenoxy) is 1. The summed E-state index contributed by atoms with van der Waals surface area (Å²) >= 11 is 0. The van der Waals surface area contributed by atoms with Crippen LogP contribution in [0.25, 0.3) is 0 Å². The summed E-state index contributed by atoms with van der Waals surface area (Å²) in [5.41, 5.74) is 4.03. The number of aliphatic hydroxyl groups is 1. The van der Waals surface area contributed by atoms with Gasteiger partial charge in [0.25, 0.3) is 11.8 Å². The van der Waals surface area contributed by atoms with E-state index in [1.807, 2.05) is 0 Å². The number of likely N-dealkylation sites (tertiary alicyclic amines) is 1. The molecule has 1 atom stereocenters.